The third-order valence-corrected chi connectivity index (χ3v) is 3.35. The molecule has 0 aliphatic heterocycles. The van der Waals surface area contributed by atoms with Crippen LogP contribution >= 0.6 is 0 Å². The lowest BCUT2D eigenvalue weighted by molar-refractivity contribution is -0.137. The summed E-state index contributed by atoms with van der Waals surface area (Å²) in [7, 11) is 0. The number of ether oxygens (including phenoxy) is 1. The predicted molar refractivity (Wildman–Crippen MR) is 84.2 cm³/mol. The Balaban J connectivity index is 2.32. The molecule has 5 heteroatoms. The van der Waals surface area contributed by atoms with E-state index in [0.717, 1.165) is 6.07 Å². The SMILES string of the molecule is CC#Cc1ccc(OC(C)c2cccc(C#N)c2)cc1C(F)(F)F. The second-order valence-electron chi connectivity index (χ2n) is 5.08. The van der Waals surface area contributed by atoms with Crippen LogP contribution in [0.5, 0.6) is 5.75 Å². The molecule has 2 rings (SSSR count). The molecule has 0 radical (unpaired) electrons. The summed E-state index contributed by atoms with van der Waals surface area (Å²) in [6.07, 6.45) is -5.01. The smallest absolute Gasteiger partial charge is 0.417 e. The zero-order valence-corrected chi connectivity index (χ0v) is 13.1. The third kappa shape index (κ3) is 4.08. The molecule has 2 nitrogen and oxygen atoms in total. The normalized spacial score (nSPS) is 11.8. The van der Waals surface area contributed by atoms with Crippen LogP contribution in [0, 0.1) is 23.2 Å². The number of benzene rings is 2. The molecule has 24 heavy (non-hydrogen) atoms. The fourth-order valence-electron chi connectivity index (χ4n) is 2.21. The summed E-state index contributed by atoms with van der Waals surface area (Å²) in [5.74, 6) is 5.02. The highest BCUT2D eigenvalue weighted by molar-refractivity contribution is 5.47. The molecule has 0 N–H and O–H groups in total. The highest BCUT2D eigenvalue weighted by atomic mass is 19.4. The Hall–Kier alpha value is -2.92. The predicted octanol–water partition coefficient (Wildman–Crippen LogP) is 5.09. The number of halogens is 3. The van der Waals surface area contributed by atoms with Gasteiger partial charge in [0, 0.05) is 5.56 Å². The van der Waals surface area contributed by atoms with Crippen LogP contribution in [0.15, 0.2) is 42.5 Å². The number of hydrogen-bond acceptors (Lipinski definition) is 2. The van der Waals surface area contributed by atoms with Gasteiger partial charge in [0.1, 0.15) is 11.9 Å². The summed E-state index contributed by atoms with van der Waals surface area (Å²) >= 11 is 0. The van der Waals surface area contributed by atoms with Gasteiger partial charge in [-0.1, -0.05) is 18.1 Å². The molecular weight excluding hydrogens is 315 g/mol. The maximum absolute atomic E-state index is 13.2. The van der Waals surface area contributed by atoms with Crippen LogP contribution in [-0.2, 0) is 6.18 Å². The van der Waals surface area contributed by atoms with Crippen LogP contribution < -0.4 is 4.74 Å². The number of nitriles is 1. The number of rotatable bonds is 3. The lowest BCUT2D eigenvalue weighted by Crippen LogP contribution is -2.09. The molecule has 0 saturated heterocycles. The van der Waals surface area contributed by atoms with Gasteiger partial charge >= 0.3 is 6.18 Å². The van der Waals surface area contributed by atoms with Gasteiger partial charge in [-0.2, -0.15) is 18.4 Å². The van der Waals surface area contributed by atoms with E-state index < -0.39 is 17.8 Å². The van der Waals surface area contributed by atoms with Crippen LogP contribution in [-0.4, -0.2) is 0 Å². The molecular formula is C19H14F3NO. The second-order valence-corrected chi connectivity index (χ2v) is 5.08. The molecule has 122 valence electrons. The van der Waals surface area contributed by atoms with E-state index in [1.807, 2.05) is 6.07 Å². The van der Waals surface area contributed by atoms with E-state index in [2.05, 4.69) is 11.8 Å². The fraction of sp³-hybridized carbons (Fsp3) is 0.211. The van der Waals surface area contributed by atoms with Crippen molar-refractivity contribution in [1.82, 2.24) is 0 Å². The maximum atomic E-state index is 13.2. The molecule has 0 aliphatic rings. The van der Waals surface area contributed by atoms with Crippen LogP contribution in [0.3, 0.4) is 0 Å². The Bertz CT molecular complexity index is 838. The van der Waals surface area contributed by atoms with Gasteiger partial charge in [0.05, 0.1) is 17.2 Å². The minimum atomic E-state index is -4.51. The van der Waals surface area contributed by atoms with Crippen molar-refractivity contribution < 1.29 is 17.9 Å². The summed E-state index contributed by atoms with van der Waals surface area (Å²) in [5, 5.41) is 8.91. The van der Waals surface area contributed by atoms with E-state index in [4.69, 9.17) is 10.00 Å². The lowest BCUT2D eigenvalue weighted by atomic mass is 10.1. The van der Waals surface area contributed by atoms with Gasteiger partial charge in [-0.05, 0) is 49.7 Å². The zero-order valence-electron chi connectivity index (χ0n) is 13.1. The van der Waals surface area contributed by atoms with Gasteiger partial charge in [-0.3, -0.25) is 0 Å². The van der Waals surface area contributed by atoms with Gasteiger partial charge in [0.2, 0.25) is 0 Å². The van der Waals surface area contributed by atoms with Crippen LogP contribution in [0.1, 0.15) is 42.2 Å². The molecule has 0 aromatic heterocycles. The highest BCUT2D eigenvalue weighted by Crippen LogP contribution is 2.35. The molecule has 0 amide bonds. The first-order chi connectivity index (χ1) is 11.3. The summed E-state index contributed by atoms with van der Waals surface area (Å²) in [4.78, 5) is 0. The van der Waals surface area contributed by atoms with Crippen molar-refractivity contribution >= 4 is 0 Å². The van der Waals surface area contributed by atoms with Crippen molar-refractivity contribution in [2.24, 2.45) is 0 Å². The van der Waals surface area contributed by atoms with Gasteiger partial charge in [-0.15, -0.1) is 5.92 Å². The van der Waals surface area contributed by atoms with E-state index >= 15 is 0 Å². The van der Waals surface area contributed by atoms with E-state index in [1.165, 1.54) is 19.1 Å². The van der Waals surface area contributed by atoms with Gasteiger partial charge in [0.15, 0.2) is 0 Å². The quantitative estimate of drug-likeness (QED) is 0.735. The minimum Gasteiger partial charge on any atom is -0.486 e. The number of hydrogen-bond donors (Lipinski definition) is 0. The van der Waals surface area contributed by atoms with Crippen molar-refractivity contribution in [1.29, 1.82) is 5.26 Å². The Kier molecular flexibility index (Phi) is 5.16. The summed E-state index contributed by atoms with van der Waals surface area (Å²) < 4.78 is 45.1. The Morgan fingerprint density at radius 2 is 1.88 bits per heavy atom. The average molecular weight is 329 g/mol. The topological polar surface area (TPSA) is 33.0 Å². The van der Waals surface area contributed by atoms with Crippen LogP contribution in [0.2, 0.25) is 0 Å². The van der Waals surface area contributed by atoms with Crippen molar-refractivity contribution in [3.05, 3.63) is 64.7 Å². The van der Waals surface area contributed by atoms with Crippen molar-refractivity contribution in [2.45, 2.75) is 26.1 Å². The lowest BCUT2D eigenvalue weighted by Gasteiger charge is -2.17. The molecule has 0 fully saturated rings. The molecule has 0 saturated carbocycles. The molecule has 0 spiro atoms. The van der Waals surface area contributed by atoms with Gasteiger partial charge in [-0.25, -0.2) is 0 Å². The van der Waals surface area contributed by atoms with Crippen LogP contribution in [0.4, 0.5) is 13.2 Å². The first-order valence-electron chi connectivity index (χ1n) is 7.16. The van der Waals surface area contributed by atoms with Crippen molar-refractivity contribution in [2.75, 3.05) is 0 Å². The Morgan fingerprint density at radius 3 is 2.50 bits per heavy atom. The number of nitrogens with zero attached hydrogens (tertiary/aromatic N) is 1. The van der Waals surface area contributed by atoms with Gasteiger partial charge < -0.3 is 4.74 Å². The van der Waals surface area contributed by atoms with Crippen molar-refractivity contribution in [3.63, 3.8) is 0 Å². The zero-order chi connectivity index (χ0) is 17.7. The maximum Gasteiger partial charge on any atom is 0.417 e. The Morgan fingerprint density at radius 1 is 1.12 bits per heavy atom. The first-order valence-corrected chi connectivity index (χ1v) is 7.16. The highest BCUT2D eigenvalue weighted by Gasteiger charge is 2.33. The standard InChI is InChI=1S/C19H14F3NO/c1-3-5-15-8-9-17(11-18(15)19(20,21)22)24-13(2)16-7-4-6-14(10-16)12-23/h4,6-11,13H,1-2H3. The summed E-state index contributed by atoms with van der Waals surface area (Å²) in [6.45, 7) is 3.19. The van der Waals surface area contributed by atoms with E-state index in [0.29, 0.717) is 11.1 Å². The molecule has 2 aromatic rings. The molecule has 0 heterocycles. The minimum absolute atomic E-state index is 0.0866. The van der Waals surface area contributed by atoms with E-state index in [9.17, 15) is 13.2 Å². The molecule has 1 atom stereocenters. The molecule has 0 aliphatic carbocycles. The summed E-state index contributed by atoms with van der Waals surface area (Å²) in [6, 6.07) is 12.5. The average Bonchev–Trinajstić information content (AvgIpc) is 2.55. The fourth-order valence-corrected chi connectivity index (χ4v) is 2.21. The van der Waals surface area contributed by atoms with Crippen LogP contribution in [0.25, 0.3) is 0 Å². The van der Waals surface area contributed by atoms with E-state index in [-0.39, 0.29) is 11.3 Å². The first kappa shape index (κ1) is 17.4. The van der Waals surface area contributed by atoms with Crippen molar-refractivity contribution in [3.8, 4) is 23.7 Å². The molecule has 1 unspecified atom stereocenters. The second kappa shape index (κ2) is 7.10. The summed E-state index contributed by atoms with van der Waals surface area (Å²) in [5.41, 5.74) is 0.261. The third-order valence-electron chi connectivity index (χ3n) is 3.35. The van der Waals surface area contributed by atoms with E-state index in [1.54, 1.807) is 31.2 Å². The Labute approximate surface area is 138 Å². The molecule has 0 bridgehead atoms. The van der Waals surface area contributed by atoms with Gasteiger partial charge in [0.25, 0.3) is 0 Å². The largest absolute Gasteiger partial charge is 0.486 e. The molecule has 2 aromatic carbocycles. The monoisotopic (exact) mass is 329 g/mol. The number of alkyl halides is 3.